The lowest BCUT2D eigenvalue weighted by molar-refractivity contribution is -0.131. The molecule has 0 saturated carbocycles. The zero-order valence-corrected chi connectivity index (χ0v) is 19.6. The van der Waals surface area contributed by atoms with Crippen molar-refractivity contribution < 1.29 is 14.7 Å². The number of amides is 1. The lowest BCUT2D eigenvalue weighted by atomic mass is 10.0. The van der Waals surface area contributed by atoms with Crippen LogP contribution in [0.2, 0.25) is 0 Å². The van der Waals surface area contributed by atoms with Crippen molar-refractivity contribution in [2.45, 2.75) is 25.8 Å². The van der Waals surface area contributed by atoms with Gasteiger partial charge in [-0.2, -0.15) is 0 Å². The molecular weight excluding hydrogens is 434 g/mol. The SMILES string of the molecule is O=C(O)c1ccc(-c2cccc(CN(CCCc3ccccc3)C(=O)Cc3ccccc3)c2)cc1. The van der Waals surface area contributed by atoms with Crippen molar-refractivity contribution in [3.63, 3.8) is 0 Å². The molecule has 0 aromatic heterocycles. The summed E-state index contributed by atoms with van der Waals surface area (Å²) in [5.41, 5.74) is 5.54. The molecule has 0 aliphatic heterocycles. The van der Waals surface area contributed by atoms with E-state index in [1.807, 2.05) is 83.8 Å². The van der Waals surface area contributed by atoms with E-state index >= 15 is 0 Å². The number of hydrogen-bond acceptors (Lipinski definition) is 2. The summed E-state index contributed by atoms with van der Waals surface area (Å²) in [6.07, 6.45) is 2.19. The number of carboxylic acid groups (broad SMARTS) is 1. The van der Waals surface area contributed by atoms with E-state index in [4.69, 9.17) is 5.11 Å². The lowest BCUT2D eigenvalue weighted by Crippen LogP contribution is -2.33. The smallest absolute Gasteiger partial charge is 0.335 e. The lowest BCUT2D eigenvalue weighted by Gasteiger charge is -2.23. The van der Waals surface area contributed by atoms with Gasteiger partial charge in [0.15, 0.2) is 0 Å². The number of aromatic carboxylic acids is 1. The van der Waals surface area contributed by atoms with Gasteiger partial charge in [0, 0.05) is 13.1 Å². The fraction of sp³-hybridized carbons (Fsp3) is 0.161. The second-order valence-corrected chi connectivity index (χ2v) is 8.65. The van der Waals surface area contributed by atoms with Crippen LogP contribution in [0.15, 0.2) is 109 Å². The van der Waals surface area contributed by atoms with Crippen LogP contribution in [-0.2, 0) is 24.2 Å². The molecule has 0 saturated heterocycles. The van der Waals surface area contributed by atoms with Crippen LogP contribution in [0.1, 0.15) is 33.5 Å². The molecular formula is C31H29NO3. The molecule has 4 aromatic carbocycles. The van der Waals surface area contributed by atoms with Gasteiger partial charge in [-0.1, -0.05) is 91.0 Å². The zero-order valence-electron chi connectivity index (χ0n) is 19.6. The van der Waals surface area contributed by atoms with Crippen molar-refractivity contribution in [1.29, 1.82) is 0 Å². The maximum Gasteiger partial charge on any atom is 0.335 e. The van der Waals surface area contributed by atoms with Crippen LogP contribution >= 0.6 is 0 Å². The first kappa shape index (κ1) is 24.0. The third kappa shape index (κ3) is 6.90. The van der Waals surface area contributed by atoms with E-state index in [1.165, 1.54) is 5.56 Å². The van der Waals surface area contributed by atoms with Gasteiger partial charge < -0.3 is 10.0 Å². The van der Waals surface area contributed by atoms with Crippen molar-refractivity contribution in [3.05, 3.63) is 131 Å². The van der Waals surface area contributed by atoms with Gasteiger partial charge in [-0.25, -0.2) is 4.79 Å². The van der Waals surface area contributed by atoms with E-state index in [-0.39, 0.29) is 11.5 Å². The van der Waals surface area contributed by atoms with E-state index in [1.54, 1.807) is 12.1 Å². The molecule has 0 bridgehead atoms. The Labute approximate surface area is 206 Å². The van der Waals surface area contributed by atoms with Crippen LogP contribution in [0.3, 0.4) is 0 Å². The van der Waals surface area contributed by atoms with E-state index in [0.29, 0.717) is 19.5 Å². The highest BCUT2D eigenvalue weighted by Crippen LogP contribution is 2.22. The van der Waals surface area contributed by atoms with Crippen LogP contribution in [0, 0.1) is 0 Å². The van der Waals surface area contributed by atoms with Crippen molar-refractivity contribution >= 4 is 11.9 Å². The summed E-state index contributed by atoms with van der Waals surface area (Å²) in [6.45, 7) is 1.21. The van der Waals surface area contributed by atoms with Gasteiger partial charge in [0.1, 0.15) is 0 Å². The summed E-state index contributed by atoms with van der Waals surface area (Å²) >= 11 is 0. The van der Waals surface area contributed by atoms with E-state index in [9.17, 15) is 9.59 Å². The highest BCUT2D eigenvalue weighted by molar-refractivity contribution is 5.88. The molecule has 0 aliphatic carbocycles. The quantitative estimate of drug-likeness (QED) is 0.302. The first-order valence-electron chi connectivity index (χ1n) is 11.9. The largest absolute Gasteiger partial charge is 0.478 e. The topological polar surface area (TPSA) is 57.6 Å². The Kier molecular flexibility index (Phi) is 8.08. The minimum atomic E-state index is -0.937. The summed E-state index contributed by atoms with van der Waals surface area (Å²) in [7, 11) is 0. The van der Waals surface area contributed by atoms with Crippen molar-refractivity contribution in [2.24, 2.45) is 0 Å². The maximum atomic E-state index is 13.3. The maximum absolute atomic E-state index is 13.3. The van der Waals surface area contributed by atoms with Gasteiger partial charge in [-0.3, -0.25) is 4.79 Å². The van der Waals surface area contributed by atoms with Crippen LogP contribution in [0.5, 0.6) is 0 Å². The molecule has 1 N–H and O–H groups in total. The first-order chi connectivity index (χ1) is 17.1. The molecule has 0 radical (unpaired) electrons. The summed E-state index contributed by atoms with van der Waals surface area (Å²) in [5, 5.41) is 9.15. The van der Waals surface area contributed by atoms with Crippen molar-refractivity contribution in [3.8, 4) is 11.1 Å². The number of nitrogens with zero attached hydrogens (tertiary/aromatic N) is 1. The van der Waals surface area contributed by atoms with Gasteiger partial charge >= 0.3 is 5.97 Å². The third-order valence-electron chi connectivity index (χ3n) is 6.05. The third-order valence-corrected chi connectivity index (χ3v) is 6.05. The average molecular weight is 464 g/mol. The van der Waals surface area contributed by atoms with Crippen LogP contribution in [0.25, 0.3) is 11.1 Å². The second kappa shape index (κ2) is 11.8. The number of carboxylic acids is 1. The molecule has 0 heterocycles. The van der Waals surface area contributed by atoms with Gasteiger partial charge in [-0.15, -0.1) is 0 Å². The predicted molar refractivity (Wildman–Crippen MR) is 139 cm³/mol. The molecule has 4 nitrogen and oxygen atoms in total. The fourth-order valence-electron chi connectivity index (χ4n) is 4.17. The average Bonchev–Trinajstić information content (AvgIpc) is 2.89. The Hall–Kier alpha value is -4.18. The summed E-state index contributed by atoms with van der Waals surface area (Å²) < 4.78 is 0. The molecule has 4 aromatic rings. The number of carbonyl (C=O) groups excluding carboxylic acids is 1. The van der Waals surface area contributed by atoms with E-state index < -0.39 is 5.97 Å². The Morgan fingerprint density at radius 2 is 1.29 bits per heavy atom. The standard InChI is InChI=1S/C31H29NO3/c33-30(22-25-11-5-2-6-12-25)32(20-8-14-24-9-3-1-4-10-24)23-26-13-7-15-29(21-26)27-16-18-28(19-17-27)31(34)35/h1-7,9-13,15-19,21H,8,14,20,22-23H2,(H,34,35). The fourth-order valence-corrected chi connectivity index (χ4v) is 4.17. The Morgan fingerprint density at radius 1 is 0.657 bits per heavy atom. The molecule has 35 heavy (non-hydrogen) atoms. The second-order valence-electron chi connectivity index (χ2n) is 8.65. The van der Waals surface area contributed by atoms with Crippen LogP contribution < -0.4 is 0 Å². The van der Waals surface area contributed by atoms with Crippen molar-refractivity contribution in [2.75, 3.05) is 6.54 Å². The normalized spacial score (nSPS) is 10.6. The molecule has 176 valence electrons. The Bertz CT molecular complexity index is 1250. The van der Waals surface area contributed by atoms with E-state index in [0.717, 1.165) is 35.1 Å². The van der Waals surface area contributed by atoms with Crippen molar-refractivity contribution in [1.82, 2.24) is 4.90 Å². The molecule has 0 aliphatic rings. The highest BCUT2D eigenvalue weighted by Gasteiger charge is 2.15. The summed E-state index contributed by atoms with van der Waals surface area (Å²) in [4.78, 5) is 26.4. The molecule has 0 spiro atoms. The van der Waals surface area contributed by atoms with Gasteiger partial charge in [0.25, 0.3) is 0 Å². The molecule has 1 amide bonds. The van der Waals surface area contributed by atoms with Gasteiger partial charge in [0.05, 0.1) is 12.0 Å². The number of carbonyl (C=O) groups is 2. The summed E-state index contributed by atoms with van der Waals surface area (Å²) in [5.74, 6) is -0.825. The first-order valence-corrected chi connectivity index (χ1v) is 11.9. The highest BCUT2D eigenvalue weighted by atomic mass is 16.4. The predicted octanol–water partition coefficient (Wildman–Crippen LogP) is 6.26. The molecule has 4 rings (SSSR count). The van der Waals surface area contributed by atoms with Gasteiger partial charge in [-0.05, 0) is 58.9 Å². The minimum Gasteiger partial charge on any atom is -0.478 e. The van der Waals surface area contributed by atoms with Gasteiger partial charge in [0.2, 0.25) is 5.91 Å². The Morgan fingerprint density at radius 3 is 1.94 bits per heavy atom. The van der Waals surface area contributed by atoms with E-state index in [2.05, 4.69) is 18.2 Å². The Balaban J connectivity index is 1.49. The van der Waals surface area contributed by atoms with Crippen LogP contribution in [-0.4, -0.2) is 28.4 Å². The monoisotopic (exact) mass is 463 g/mol. The number of aryl methyl sites for hydroxylation is 1. The molecule has 4 heteroatoms. The molecule has 0 atom stereocenters. The number of rotatable bonds is 10. The summed E-state index contributed by atoms with van der Waals surface area (Å²) in [6, 6.07) is 35.2. The zero-order chi connectivity index (χ0) is 24.5. The molecule has 0 unspecified atom stereocenters. The molecule has 0 fully saturated rings. The van der Waals surface area contributed by atoms with Crippen LogP contribution in [0.4, 0.5) is 0 Å². The minimum absolute atomic E-state index is 0.112. The number of hydrogen-bond donors (Lipinski definition) is 1. The number of benzene rings is 4.